The summed E-state index contributed by atoms with van der Waals surface area (Å²) in [5.41, 5.74) is 0.252. The molecular weight excluding hydrogens is 264 g/mol. The van der Waals surface area contributed by atoms with E-state index in [0.717, 1.165) is 12.8 Å². The molecule has 1 heterocycles. The minimum atomic E-state index is -0.823. The molecule has 112 valence electrons. The summed E-state index contributed by atoms with van der Waals surface area (Å²) in [7, 11) is 0. The van der Waals surface area contributed by atoms with Crippen molar-refractivity contribution >= 4 is 11.6 Å². The molecule has 0 N–H and O–H groups in total. The van der Waals surface area contributed by atoms with Gasteiger partial charge in [0.15, 0.2) is 23.3 Å². The highest BCUT2D eigenvalue weighted by Crippen LogP contribution is 2.49. The molecule has 0 saturated carbocycles. The van der Waals surface area contributed by atoms with Crippen LogP contribution in [0, 0.1) is 0 Å². The SMILES string of the molecule is CCCCCCCCC12OC1C(=O)c1ccccc1C2=O. The summed E-state index contributed by atoms with van der Waals surface area (Å²) < 4.78 is 5.60. The van der Waals surface area contributed by atoms with Gasteiger partial charge in [0.25, 0.3) is 0 Å². The number of carbonyl (C=O) groups is 2. The minimum Gasteiger partial charge on any atom is -0.349 e. The Hall–Kier alpha value is -1.48. The van der Waals surface area contributed by atoms with Crippen molar-refractivity contribution in [3.63, 3.8) is 0 Å². The van der Waals surface area contributed by atoms with E-state index in [0.29, 0.717) is 17.5 Å². The van der Waals surface area contributed by atoms with E-state index in [1.807, 2.05) is 6.07 Å². The van der Waals surface area contributed by atoms with E-state index in [-0.39, 0.29) is 11.6 Å². The van der Waals surface area contributed by atoms with Crippen molar-refractivity contribution in [1.29, 1.82) is 0 Å². The minimum absolute atomic E-state index is 0.0104. The molecule has 1 fully saturated rings. The zero-order valence-electron chi connectivity index (χ0n) is 12.6. The zero-order chi connectivity index (χ0) is 14.9. The van der Waals surface area contributed by atoms with Crippen LogP contribution >= 0.6 is 0 Å². The zero-order valence-corrected chi connectivity index (χ0v) is 12.6. The van der Waals surface area contributed by atoms with Gasteiger partial charge in [0, 0.05) is 11.1 Å². The maximum absolute atomic E-state index is 12.6. The molecule has 3 heteroatoms. The predicted octanol–water partition coefficient (Wildman–Crippen LogP) is 3.95. The molecule has 2 aliphatic rings. The van der Waals surface area contributed by atoms with E-state index in [4.69, 9.17) is 4.74 Å². The van der Waals surface area contributed by atoms with Crippen LogP contribution in [0.2, 0.25) is 0 Å². The molecule has 1 aliphatic heterocycles. The maximum atomic E-state index is 12.6. The van der Waals surface area contributed by atoms with Crippen LogP contribution in [0.15, 0.2) is 24.3 Å². The second kappa shape index (κ2) is 5.72. The van der Waals surface area contributed by atoms with Crippen molar-refractivity contribution in [2.45, 2.75) is 63.6 Å². The fraction of sp³-hybridized carbons (Fsp3) is 0.556. The summed E-state index contributed by atoms with van der Waals surface area (Å²) in [6.07, 6.45) is 7.20. The number of ether oxygens (including phenoxy) is 1. The third-order valence-corrected chi connectivity index (χ3v) is 4.66. The number of Topliss-reactive ketones (excluding diaryl/α,β-unsaturated/α-hetero) is 2. The van der Waals surface area contributed by atoms with Crippen molar-refractivity contribution in [2.75, 3.05) is 0 Å². The van der Waals surface area contributed by atoms with E-state index >= 15 is 0 Å². The lowest BCUT2D eigenvalue weighted by atomic mass is 9.79. The summed E-state index contributed by atoms with van der Waals surface area (Å²) >= 11 is 0. The van der Waals surface area contributed by atoms with E-state index in [2.05, 4.69) is 6.92 Å². The third-order valence-electron chi connectivity index (χ3n) is 4.66. The summed E-state index contributed by atoms with van der Waals surface area (Å²) in [6.45, 7) is 2.20. The monoisotopic (exact) mass is 286 g/mol. The highest BCUT2D eigenvalue weighted by molar-refractivity contribution is 6.22. The summed E-state index contributed by atoms with van der Waals surface area (Å²) in [5, 5.41) is 0. The number of fused-ring (bicyclic) bond motifs is 2. The lowest BCUT2D eigenvalue weighted by Gasteiger charge is -2.18. The molecule has 1 aromatic carbocycles. The second-order valence-corrected chi connectivity index (χ2v) is 6.14. The van der Waals surface area contributed by atoms with Crippen molar-refractivity contribution in [2.24, 2.45) is 0 Å². The van der Waals surface area contributed by atoms with Crippen LogP contribution in [0.4, 0.5) is 0 Å². The quantitative estimate of drug-likeness (QED) is 0.563. The van der Waals surface area contributed by atoms with Crippen LogP contribution in [0.5, 0.6) is 0 Å². The molecule has 0 bridgehead atoms. The molecule has 3 rings (SSSR count). The number of benzene rings is 1. The Morgan fingerprint density at radius 2 is 1.67 bits per heavy atom. The van der Waals surface area contributed by atoms with E-state index < -0.39 is 11.7 Å². The number of unbranched alkanes of at least 4 members (excludes halogenated alkanes) is 5. The lowest BCUT2D eigenvalue weighted by molar-refractivity contribution is 0.0850. The fourth-order valence-electron chi connectivity index (χ4n) is 3.35. The van der Waals surface area contributed by atoms with E-state index in [1.54, 1.807) is 18.2 Å². The molecule has 2 atom stereocenters. The van der Waals surface area contributed by atoms with Gasteiger partial charge in [-0.15, -0.1) is 0 Å². The number of ketones is 2. The fourth-order valence-corrected chi connectivity index (χ4v) is 3.35. The van der Waals surface area contributed by atoms with Crippen molar-refractivity contribution in [3.8, 4) is 0 Å². The van der Waals surface area contributed by atoms with Crippen molar-refractivity contribution < 1.29 is 14.3 Å². The van der Waals surface area contributed by atoms with Gasteiger partial charge in [0.2, 0.25) is 0 Å². The first kappa shape index (κ1) is 14.5. The smallest absolute Gasteiger partial charge is 0.198 e. The molecule has 3 nitrogen and oxygen atoms in total. The van der Waals surface area contributed by atoms with E-state index in [9.17, 15) is 9.59 Å². The van der Waals surface area contributed by atoms with Gasteiger partial charge in [-0.25, -0.2) is 0 Å². The van der Waals surface area contributed by atoms with E-state index in [1.165, 1.54) is 25.7 Å². The predicted molar refractivity (Wildman–Crippen MR) is 80.7 cm³/mol. The molecule has 0 amide bonds. The Balaban J connectivity index is 1.63. The Morgan fingerprint density at radius 3 is 2.43 bits per heavy atom. The average molecular weight is 286 g/mol. The largest absolute Gasteiger partial charge is 0.349 e. The molecule has 0 radical (unpaired) electrons. The molecular formula is C18H22O3. The van der Waals surface area contributed by atoms with Crippen molar-refractivity contribution in [1.82, 2.24) is 0 Å². The lowest BCUT2D eigenvalue weighted by Crippen LogP contribution is -2.36. The standard InChI is InChI=1S/C18H22O3/c1-2-3-4-5-6-9-12-18-16(20)14-11-8-7-10-13(14)15(19)17(18)21-18/h7-8,10-11,17H,2-6,9,12H2,1H3. The van der Waals surface area contributed by atoms with Crippen LogP contribution < -0.4 is 0 Å². The Labute approximate surface area is 125 Å². The normalized spacial score (nSPS) is 26.4. The first-order valence-corrected chi connectivity index (χ1v) is 8.06. The molecule has 2 unspecified atom stereocenters. The summed E-state index contributed by atoms with van der Waals surface area (Å²) in [6, 6.07) is 7.08. The summed E-state index contributed by atoms with van der Waals surface area (Å²) in [4.78, 5) is 24.9. The van der Waals surface area contributed by atoms with Gasteiger partial charge in [0.1, 0.15) is 0 Å². The average Bonchev–Trinajstić information content (AvgIpc) is 3.25. The molecule has 0 aromatic heterocycles. The van der Waals surface area contributed by atoms with Gasteiger partial charge < -0.3 is 4.74 Å². The van der Waals surface area contributed by atoms with Gasteiger partial charge in [0.05, 0.1) is 0 Å². The van der Waals surface area contributed by atoms with Crippen LogP contribution in [0.3, 0.4) is 0 Å². The van der Waals surface area contributed by atoms with Gasteiger partial charge in [-0.2, -0.15) is 0 Å². The topological polar surface area (TPSA) is 46.7 Å². The first-order valence-electron chi connectivity index (χ1n) is 8.06. The van der Waals surface area contributed by atoms with Gasteiger partial charge >= 0.3 is 0 Å². The number of rotatable bonds is 7. The molecule has 0 spiro atoms. The third kappa shape index (κ3) is 2.44. The molecule has 1 aromatic rings. The number of hydrogen-bond acceptors (Lipinski definition) is 3. The maximum Gasteiger partial charge on any atom is 0.198 e. The first-order chi connectivity index (χ1) is 10.2. The van der Waals surface area contributed by atoms with Gasteiger partial charge in [-0.05, 0) is 12.8 Å². The van der Waals surface area contributed by atoms with Crippen LogP contribution in [-0.2, 0) is 4.74 Å². The molecule has 21 heavy (non-hydrogen) atoms. The van der Waals surface area contributed by atoms with Crippen molar-refractivity contribution in [3.05, 3.63) is 35.4 Å². The second-order valence-electron chi connectivity index (χ2n) is 6.14. The highest BCUT2D eigenvalue weighted by atomic mass is 16.6. The highest BCUT2D eigenvalue weighted by Gasteiger charge is 2.68. The molecule has 1 aliphatic carbocycles. The Bertz CT molecular complexity index is 563. The Kier molecular flexibility index (Phi) is 3.94. The number of epoxide rings is 1. The van der Waals surface area contributed by atoms with Crippen LogP contribution in [0.25, 0.3) is 0 Å². The summed E-state index contributed by atoms with van der Waals surface area (Å²) in [5.74, 6) is -0.00700. The molecule has 1 saturated heterocycles. The number of carbonyl (C=O) groups excluding carboxylic acids is 2. The van der Waals surface area contributed by atoms with Gasteiger partial charge in [-0.1, -0.05) is 63.3 Å². The van der Waals surface area contributed by atoms with Crippen LogP contribution in [0.1, 0.15) is 72.6 Å². The number of hydrogen-bond donors (Lipinski definition) is 0. The van der Waals surface area contributed by atoms with Crippen LogP contribution in [-0.4, -0.2) is 23.3 Å². The van der Waals surface area contributed by atoms with Gasteiger partial charge in [-0.3, -0.25) is 9.59 Å². The Morgan fingerprint density at radius 1 is 1.00 bits per heavy atom.